The standard InChI is InChI=1S/C31H48ClN5O4/c1-20(2)26(35-28(38)21(3)33-4)29(39)37-19-11-18-36(23-14-6-5-7-15-23)27(32)30(37)41-31(40)34-25-17-10-13-22-12-8-9-16-24(22)25/h8-9,12,16,20-21,23,25-27,30,33H,5-7,10-11,13-15,17-19H2,1-4H3,(H,34,40)(H,35,38). The minimum Gasteiger partial charge on any atom is -0.422 e. The first-order valence-corrected chi connectivity index (χ1v) is 15.9. The van der Waals surface area contributed by atoms with Crippen molar-refractivity contribution < 1.29 is 19.1 Å². The topological polar surface area (TPSA) is 103 Å². The van der Waals surface area contributed by atoms with Gasteiger partial charge in [0.1, 0.15) is 11.5 Å². The number of amides is 3. The number of halogens is 1. The molecule has 1 aromatic carbocycles. The van der Waals surface area contributed by atoms with E-state index in [1.165, 1.54) is 12.0 Å². The van der Waals surface area contributed by atoms with Crippen molar-refractivity contribution in [3.05, 3.63) is 35.4 Å². The molecule has 0 spiro atoms. The van der Waals surface area contributed by atoms with Gasteiger partial charge in [-0.15, -0.1) is 0 Å². The van der Waals surface area contributed by atoms with E-state index in [0.29, 0.717) is 13.0 Å². The number of carbonyl (C=O) groups is 3. The molecule has 3 N–H and O–H groups in total. The van der Waals surface area contributed by atoms with Gasteiger partial charge in [-0.05, 0) is 69.5 Å². The molecule has 10 heteroatoms. The summed E-state index contributed by atoms with van der Waals surface area (Å²) in [7, 11) is 1.70. The second-order valence-corrected chi connectivity index (χ2v) is 12.6. The van der Waals surface area contributed by atoms with Crippen molar-refractivity contribution in [3.63, 3.8) is 0 Å². The summed E-state index contributed by atoms with van der Waals surface area (Å²) in [6, 6.07) is 7.07. The quantitative estimate of drug-likeness (QED) is 0.309. The third-order valence-electron chi connectivity index (χ3n) is 8.95. The number of ether oxygens (including phenoxy) is 1. The second-order valence-electron chi connectivity index (χ2n) is 12.1. The van der Waals surface area contributed by atoms with Crippen LogP contribution in [0.5, 0.6) is 0 Å². The molecule has 5 unspecified atom stereocenters. The van der Waals surface area contributed by atoms with E-state index >= 15 is 0 Å². The van der Waals surface area contributed by atoms with E-state index < -0.39 is 29.9 Å². The van der Waals surface area contributed by atoms with Crippen LogP contribution in [0.4, 0.5) is 4.79 Å². The summed E-state index contributed by atoms with van der Waals surface area (Å²) in [5.74, 6) is -0.712. The van der Waals surface area contributed by atoms with Gasteiger partial charge >= 0.3 is 6.09 Å². The molecule has 1 heterocycles. The number of nitrogens with one attached hydrogen (secondary N) is 3. The highest BCUT2D eigenvalue weighted by Gasteiger charge is 2.44. The number of benzene rings is 1. The van der Waals surface area contributed by atoms with Crippen molar-refractivity contribution in [2.75, 3.05) is 20.1 Å². The van der Waals surface area contributed by atoms with Gasteiger partial charge in [-0.1, -0.05) is 69.0 Å². The molecule has 9 nitrogen and oxygen atoms in total. The fourth-order valence-corrected chi connectivity index (χ4v) is 6.87. The Morgan fingerprint density at radius 3 is 2.41 bits per heavy atom. The molecule has 2 aliphatic carbocycles. The van der Waals surface area contributed by atoms with Crippen LogP contribution in [0.1, 0.15) is 89.3 Å². The number of fused-ring (bicyclic) bond motifs is 1. The summed E-state index contributed by atoms with van der Waals surface area (Å²) in [4.78, 5) is 44.2. The summed E-state index contributed by atoms with van der Waals surface area (Å²) < 4.78 is 6.12. The molecule has 0 bridgehead atoms. The third-order valence-corrected chi connectivity index (χ3v) is 9.41. The SMILES string of the molecule is CNC(C)C(=O)NC(C(=O)N1CCCN(C2CCCCC2)C(Cl)C1OC(=O)NC1CCCc2ccccc21)C(C)C. The van der Waals surface area contributed by atoms with Gasteiger partial charge in [0.2, 0.25) is 18.0 Å². The number of hydrogen-bond acceptors (Lipinski definition) is 6. The Labute approximate surface area is 250 Å². The molecule has 1 saturated heterocycles. The van der Waals surface area contributed by atoms with Crippen molar-refractivity contribution >= 4 is 29.5 Å². The van der Waals surface area contributed by atoms with E-state index in [0.717, 1.165) is 57.1 Å². The number of rotatable bonds is 8. The van der Waals surface area contributed by atoms with Crippen LogP contribution >= 0.6 is 11.6 Å². The van der Waals surface area contributed by atoms with E-state index in [1.54, 1.807) is 18.9 Å². The van der Waals surface area contributed by atoms with Crippen LogP contribution in [0.25, 0.3) is 0 Å². The Kier molecular flexibility index (Phi) is 11.3. The van der Waals surface area contributed by atoms with E-state index in [9.17, 15) is 14.4 Å². The fraction of sp³-hybridized carbons (Fsp3) is 0.710. The highest BCUT2D eigenvalue weighted by Crippen LogP contribution is 2.32. The zero-order chi connectivity index (χ0) is 29.5. The lowest BCUT2D eigenvalue weighted by atomic mass is 9.88. The summed E-state index contributed by atoms with van der Waals surface area (Å²) in [5.41, 5.74) is 1.64. The van der Waals surface area contributed by atoms with Crippen LogP contribution in [0, 0.1) is 5.92 Å². The van der Waals surface area contributed by atoms with Gasteiger partial charge in [-0.2, -0.15) is 0 Å². The van der Waals surface area contributed by atoms with Gasteiger partial charge in [-0.3, -0.25) is 14.5 Å². The Hall–Kier alpha value is -2.36. The van der Waals surface area contributed by atoms with Crippen LogP contribution in [0.3, 0.4) is 0 Å². The minimum absolute atomic E-state index is 0.156. The largest absolute Gasteiger partial charge is 0.422 e. The molecule has 3 aliphatic rings. The number of aryl methyl sites for hydroxylation is 1. The van der Waals surface area contributed by atoms with E-state index in [4.69, 9.17) is 16.3 Å². The molecule has 1 saturated carbocycles. The zero-order valence-corrected chi connectivity index (χ0v) is 25.8. The third kappa shape index (κ3) is 7.73. The molecule has 0 aromatic heterocycles. The van der Waals surface area contributed by atoms with E-state index in [2.05, 4.69) is 33.0 Å². The molecule has 3 amide bonds. The number of likely N-dealkylation sites (N-methyl/N-ethyl adjacent to an activating group) is 1. The molecule has 2 fully saturated rings. The fourth-order valence-electron chi connectivity index (χ4n) is 6.43. The lowest BCUT2D eigenvalue weighted by Crippen LogP contribution is -2.60. The number of alkyl carbamates (subject to hydrolysis) is 1. The molecule has 1 aromatic rings. The lowest BCUT2D eigenvalue weighted by Gasteiger charge is -2.41. The maximum absolute atomic E-state index is 14.1. The molecular weight excluding hydrogens is 542 g/mol. The van der Waals surface area contributed by atoms with E-state index in [-0.39, 0.29) is 29.8 Å². The van der Waals surface area contributed by atoms with Crippen molar-refractivity contribution in [2.24, 2.45) is 5.92 Å². The monoisotopic (exact) mass is 589 g/mol. The number of nitrogens with zero attached hydrogens (tertiary/aromatic N) is 2. The van der Waals surface area contributed by atoms with Crippen LogP contribution in [-0.4, -0.2) is 77.7 Å². The molecule has 228 valence electrons. The summed E-state index contributed by atoms with van der Waals surface area (Å²) in [6.45, 7) is 6.66. The summed E-state index contributed by atoms with van der Waals surface area (Å²) in [5, 5.41) is 8.91. The first kappa shape index (κ1) is 31.6. The minimum atomic E-state index is -0.993. The van der Waals surface area contributed by atoms with Crippen molar-refractivity contribution in [2.45, 2.75) is 114 Å². The molecule has 4 rings (SSSR count). The van der Waals surface area contributed by atoms with E-state index in [1.807, 2.05) is 26.0 Å². The molecule has 41 heavy (non-hydrogen) atoms. The Morgan fingerprint density at radius 2 is 1.71 bits per heavy atom. The highest BCUT2D eigenvalue weighted by molar-refractivity contribution is 6.21. The number of carbonyl (C=O) groups excluding carboxylic acids is 3. The maximum atomic E-state index is 14.1. The average molecular weight is 590 g/mol. The van der Waals surface area contributed by atoms with Crippen LogP contribution in [0.15, 0.2) is 24.3 Å². The lowest BCUT2D eigenvalue weighted by molar-refractivity contribution is -0.148. The normalized spacial score (nSPS) is 25.5. The van der Waals surface area contributed by atoms with Gasteiger partial charge in [-0.25, -0.2) is 4.79 Å². The molecule has 0 radical (unpaired) electrons. The predicted octanol–water partition coefficient (Wildman–Crippen LogP) is 4.30. The summed E-state index contributed by atoms with van der Waals surface area (Å²) >= 11 is 7.19. The van der Waals surface area contributed by atoms with Gasteiger partial charge in [0.05, 0.1) is 12.1 Å². The Morgan fingerprint density at radius 1 is 0.976 bits per heavy atom. The molecule has 1 aliphatic heterocycles. The number of hydrogen-bond donors (Lipinski definition) is 3. The molecule has 5 atom stereocenters. The van der Waals surface area contributed by atoms with Crippen molar-refractivity contribution in [1.29, 1.82) is 0 Å². The van der Waals surface area contributed by atoms with Gasteiger partial charge in [0, 0.05) is 19.1 Å². The average Bonchev–Trinajstić information content (AvgIpc) is 3.14. The van der Waals surface area contributed by atoms with Gasteiger partial charge in [0.25, 0.3) is 0 Å². The van der Waals surface area contributed by atoms with Crippen molar-refractivity contribution in [1.82, 2.24) is 25.8 Å². The maximum Gasteiger partial charge on any atom is 0.409 e. The Balaban J connectivity index is 1.57. The van der Waals surface area contributed by atoms with Gasteiger partial charge < -0.3 is 25.6 Å². The Bertz CT molecular complexity index is 1050. The zero-order valence-electron chi connectivity index (χ0n) is 25.0. The van der Waals surface area contributed by atoms with Crippen LogP contribution in [0.2, 0.25) is 0 Å². The van der Waals surface area contributed by atoms with Crippen molar-refractivity contribution in [3.8, 4) is 0 Å². The van der Waals surface area contributed by atoms with Crippen LogP contribution in [-0.2, 0) is 20.7 Å². The first-order chi connectivity index (χ1) is 19.7. The van der Waals surface area contributed by atoms with Crippen LogP contribution < -0.4 is 16.0 Å². The molecular formula is C31H48ClN5O4. The van der Waals surface area contributed by atoms with Gasteiger partial charge in [0.15, 0.2) is 0 Å². The smallest absolute Gasteiger partial charge is 0.409 e. The predicted molar refractivity (Wildman–Crippen MR) is 160 cm³/mol. The highest BCUT2D eigenvalue weighted by atomic mass is 35.5. The first-order valence-electron chi connectivity index (χ1n) is 15.4. The number of alkyl halides is 1. The summed E-state index contributed by atoms with van der Waals surface area (Å²) in [6.07, 6.45) is 7.51. The second kappa shape index (κ2) is 14.7.